The zero-order chi connectivity index (χ0) is 23.1. The summed E-state index contributed by atoms with van der Waals surface area (Å²) in [4.78, 5) is 35.4. The second-order valence-electron chi connectivity index (χ2n) is 7.04. The van der Waals surface area contributed by atoms with Crippen LogP contribution < -0.4 is 20.7 Å². The summed E-state index contributed by atoms with van der Waals surface area (Å²) in [6.45, 7) is 2.97. The molecule has 3 aromatic carbocycles. The zero-order valence-corrected chi connectivity index (χ0v) is 17.6. The minimum atomic E-state index is -0.365. The fourth-order valence-electron chi connectivity index (χ4n) is 2.91. The average Bonchev–Trinajstić information content (AvgIpc) is 2.73. The summed E-state index contributed by atoms with van der Waals surface area (Å²) < 4.78 is 18.6. The van der Waals surface area contributed by atoms with Gasteiger partial charge in [-0.2, -0.15) is 0 Å². The monoisotopic (exact) mass is 435 g/mol. The van der Waals surface area contributed by atoms with Gasteiger partial charge in [0.05, 0.1) is 0 Å². The zero-order valence-electron chi connectivity index (χ0n) is 17.6. The van der Waals surface area contributed by atoms with Crippen molar-refractivity contribution in [3.63, 3.8) is 0 Å². The van der Waals surface area contributed by atoms with Gasteiger partial charge < -0.3 is 20.7 Å². The molecule has 0 radical (unpaired) electrons. The quantitative estimate of drug-likeness (QED) is 0.510. The number of halogens is 1. The first-order valence-corrected chi connectivity index (χ1v) is 9.79. The van der Waals surface area contributed by atoms with Crippen LogP contribution in [0, 0.1) is 5.82 Å². The van der Waals surface area contributed by atoms with Crippen LogP contribution in [0.2, 0.25) is 0 Å². The summed E-state index contributed by atoms with van der Waals surface area (Å²) in [5.41, 5.74) is 1.92. The maximum absolute atomic E-state index is 13.0. The molecule has 0 atom stereocenters. The molecule has 3 aromatic rings. The number of hydrogen-bond acceptors (Lipinski definition) is 4. The second-order valence-corrected chi connectivity index (χ2v) is 7.04. The molecule has 7 nitrogen and oxygen atoms in total. The Morgan fingerprint density at radius 2 is 1.28 bits per heavy atom. The van der Waals surface area contributed by atoms with E-state index in [1.807, 2.05) is 0 Å². The molecule has 3 rings (SSSR count). The lowest BCUT2D eigenvalue weighted by molar-refractivity contribution is -0.115. The van der Waals surface area contributed by atoms with E-state index in [1.165, 1.54) is 50.2 Å². The van der Waals surface area contributed by atoms with Crippen LogP contribution in [-0.4, -0.2) is 17.7 Å². The lowest BCUT2D eigenvalue weighted by atomic mass is 10.1. The van der Waals surface area contributed by atoms with Crippen LogP contribution in [-0.2, 0) is 16.1 Å². The van der Waals surface area contributed by atoms with Crippen LogP contribution in [0.3, 0.4) is 0 Å². The molecule has 0 aromatic heterocycles. The van der Waals surface area contributed by atoms with Gasteiger partial charge in [-0.3, -0.25) is 14.4 Å². The molecule has 8 heteroatoms. The summed E-state index contributed by atoms with van der Waals surface area (Å²) in [5, 5.41) is 8.03. The molecule has 0 saturated carbocycles. The highest BCUT2D eigenvalue weighted by atomic mass is 19.1. The van der Waals surface area contributed by atoms with E-state index in [0.29, 0.717) is 22.9 Å². The molecule has 3 N–H and O–H groups in total. The van der Waals surface area contributed by atoms with Gasteiger partial charge in [-0.05, 0) is 60.2 Å². The SMILES string of the molecule is CC(=O)Nc1cc(NC(C)=O)cc(C(=O)NCc2ccc(Oc3ccc(F)cc3)cc2)c1. The van der Waals surface area contributed by atoms with Crippen molar-refractivity contribution in [1.29, 1.82) is 0 Å². The third-order valence-corrected chi connectivity index (χ3v) is 4.26. The largest absolute Gasteiger partial charge is 0.457 e. The van der Waals surface area contributed by atoms with Crippen molar-refractivity contribution >= 4 is 29.1 Å². The van der Waals surface area contributed by atoms with Gasteiger partial charge in [0, 0.05) is 37.3 Å². The molecular formula is C24H22FN3O4. The van der Waals surface area contributed by atoms with Crippen LogP contribution in [0.25, 0.3) is 0 Å². The van der Waals surface area contributed by atoms with Gasteiger partial charge >= 0.3 is 0 Å². The number of benzene rings is 3. The Hall–Kier alpha value is -4.20. The van der Waals surface area contributed by atoms with Crippen molar-refractivity contribution < 1.29 is 23.5 Å². The fraction of sp³-hybridized carbons (Fsp3) is 0.125. The van der Waals surface area contributed by atoms with Crippen LogP contribution in [0.4, 0.5) is 15.8 Å². The number of rotatable bonds is 7. The summed E-state index contributed by atoms with van der Waals surface area (Å²) in [7, 11) is 0. The standard InChI is InChI=1S/C24H22FN3O4/c1-15(29)27-20-11-18(12-21(13-20)28-16(2)30)24(31)26-14-17-3-7-22(8-4-17)32-23-9-5-19(25)6-10-23/h3-13H,14H2,1-2H3,(H,26,31)(H,27,29)(H,28,30). The van der Waals surface area contributed by atoms with E-state index < -0.39 is 0 Å². The third-order valence-electron chi connectivity index (χ3n) is 4.26. The highest BCUT2D eigenvalue weighted by Gasteiger charge is 2.11. The van der Waals surface area contributed by atoms with Crippen molar-refractivity contribution in [2.45, 2.75) is 20.4 Å². The fourth-order valence-corrected chi connectivity index (χ4v) is 2.91. The lowest BCUT2D eigenvalue weighted by Crippen LogP contribution is -2.23. The van der Waals surface area contributed by atoms with Gasteiger partial charge in [-0.15, -0.1) is 0 Å². The summed E-state index contributed by atoms with van der Waals surface area (Å²) >= 11 is 0. The van der Waals surface area contributed by atoms with E-state index in [-0.39, 0.29) is 35.6 Å². The molecule has 0 unspecified atom stereocenters. The van der Waals surface area contributed by atoms with Crippen LogP contribution >= 0.6 is 0 Å². The van der Waals surface area contributed by atoms with Gasteiger partial charge in [-0.25, -0.2) is 4.39 Å². The van der Waals surface area contributed by atoms with E-state index in [4.69, 9.17) is 4.74 Å². The maximum atomic E-state index is 13.0. The Kier molecular flexibility index (Phi) is 7.17. The van der Waals surface area contributed by atoms with E-state index in [0.717, 1.165) is 5.56 Å². The average molecular weight is 435 g/mol. The number of nitrogens with one attached hydrogen (secondary N) is 3. The van der Waals surface area contributed by atoms with Gasteiger partial charge in [-0.1, -0.05) is 12.1 Å². The Morgan fingerprint density at radius 3 is 1.78 bits per heavy atom. The third kappa shape index (κ3) is 6.66. The van der Waals surface area contributed by atoms with E-state index in [2.05, 4.69) is 16.0 Å². The molecule has 3 amide bonds. The maximum Gasteiger partial charge on any atom is 0.251 e. The molecule has 0 aliphatic heterocycles. The molecule has 32 heavy (non-hydrogen) atoms. The molecule has 0 aliphatic carbocycles. The Balaban J connectivity index is 1.64. The van der Waals surface area contributed by atoms with Crippen molar-refractivity contribution in [3.8, 4) is 11.5 Å². The predicted molar refractivity (Wildman–Crippen MR) is 119 cm³/mol. The normalized spacial score (nSPS) is 10.2. The Morgan fingerprint density at radius 1 is 0.781 bits per heavy atom. The highest BCUT2D eigenvalue weighted by molar-refractivity contribution is 5.99. The lowest BCUT2D eigenvalue weighted by Gasteiger charge is -2.11. The molecule has 0 fully saturated rings. The van der Waals surface area contributed by atoms with Gasteiger partial charge in [0.2, 0.25) is 11.8 Å². The van der Waals surface area contributed by atoms with E-state index in [9.17, 15) is 18.8 Å². The Labute approximate surface area is 184 Å². The molecule has 0 heterocycles. The van der Waals surface area contributed by atoms with Crippen LogP contribution in [0.1, 0.15) is 29.8 Å². The number of hydrogen-bond donors (Lipinski definition) is 3. The number of amides is 3. The first-order valence-electron chi connectivity index (χ1n) is 9.79. The molecular weight excluding hydrogens is 413 g/mol. The molecule has 0 bridgehead atoms. The number of ether oxygens (including phenoxy) is 1. The molecule has 0 spiro atoms. The summed E-state index contributed by atoms with van der Waals surface area (Å²) in [5.74, 6) is -0.194. The van der Waals surface area contributed by atoms with Crippen molar-refractivity contribution in [2.24, 2.45) is 0 Å². The van der Waals surface area contributed by atoms with Crippen LogP contribution in [0.5, 0.6) is 11.5 Å². The van der Waals surface area contributed by atoms with Crippen LogP contribution in [0.15, 0.2) is 66.7 Å². The first kappa shape index (κ1) is 22.5. The smallest absolute Gasteiger partial charge is 0.251 e. The molecule has 164 valence electrons. The summed E-state index contributed by atoms with van der Waals surface area (Å²) in [6, 6.07) is 17.4. The number of carbonyl (C=O) groups is 3. The molecule has 0 saturated heterocycles. The minimum Gasteiger partial charge on any atom is -0.457 e. The van der Waals surface area contributed by atoms with Crippen molar-refractivity contribution in [2.75, 3.05) is 10.6 Å². The van der Waals surface area contributed by atoms with Gasteiger partial charge in [0.15, 0.2) is 0 Å². The number of anilines is 2. The van der Waals surface area contributed by atoms with E-state index in [1.54, 1.807) is 30.3 Å². The summed E-state index contributed by atoms with van der Waals surface area (Å²) in [6.07, 6.45) is 0. The van der Waals surface area contributed by atoms with E-state index >= 15 is 0 Å². The number of carbonyl (C=O) groups excluding carboxylic acids is 3. The minimum absolute atomic E-state index is 0.259. The predicted octanol–water partition coefficient (Wildman–Crippen LogP) is 4.46. The topological polar surface area (TPSA) is 96.5 Å². The second kappa shape index (κ2) is 10.2. The first-order chi connectivity index (χ1) is 15.3. The van der Waals surface area contributed by atoms with Crippen molar-refractivity contribution in [1.82, 2.24) is 5.32 Å². The Bertz CT molecular complexity index is 1090. The van der Waals surface area contributed by atoms with Gasteiger partial charge in [0.1, 0.15) is 17.3 Å². The highest BCUT2D eigenvalue weighted by Crippen LogP contribution is 2.22. The van der Waals surface area contributed by atoms with Gasteiger partial charge in [0.25, 0.3) is 5.91 Å². The molecule has 0 aliphatic rings. The van der Waals surface area contributed by atoms with Crippen molar-refractivity contribution in [3.05, 3.63) is 83.7 Å².